The summed E-state index contributed by atoms with van der Waals surface area (Å²) in [7, 11) is 0. The van der Waals surface area contributed by atoms with Crippen molar-refractivity contribution in [3.8, 4) is 5.69 Å². The van der Waals surface area contributed by atoms with Crippen molar-refractivity contribution in [2.24, 2.45) is 0 Å². The third kappa shape index (κ3) is 1.82. The molecule has 0 atom stereocenters. The number of halogens is 1. The molecule has 1 aliphatic heterocycles. The minimum Gasteiger partial charge on any atom is -0.384 e. The maximum absolute atomic E-state index is 13.7. The lowest BCUT2D eigenvalue weighted by molar-refractivity contribution is 0.0880. The van der Waals surface area contributed by atoms with E-state index in [0.717, 1.165) is 16.7 Å². The number of hydrogen-bond acceptors (Lipinski definition) is 4. The predicted molar refractivity (Wildman–Crippen MR) is 72.9 cm³/mol. The van der Waals surface area contributed by atoms with Gasteiger partial charge >= 0.3 is 0 Å². The first-order valence-electron chi connectivity index (χ1n) is 6.08. The molecule has 2 aromatic rings. The predicted octanol–water partition coefficient (Wildman–Crippen LogP) is 0.751. The summed E-state index contributed by atoms with van der Waals surface area (Å²) >= 11 is 0. The number of pyridine rings is 1. The van der Waals surface area contributed by atoms with Crippen molar-refractivity contribution >= 4 is 17.6 Å². The number of hydrogen-bond donors (Lipinski definition) is 2. The number of nitrogens with one attached hydrogen (secondary N) is 1. The van der Waals surface area contributed by atoms with Crippen LogP contribution in [-0.2, 0) is 0 Å². The molecule has 1 aliphatic rings. The summed E-state index contributed by atoms with van der Waals surface area (Å²) in [5.41, 5.74) is 5.70. The fraction of sp³-hybridized carbons (Fsp3) is 0.0714. The Hall–Kier alpha value is -2.96. The lowest BCUT2D eigenvalue weighted by atomic mass is 10.1. The number of aryl methyl sites for hydroxylation is 1. The highest BCUT2D eigenvalue weighted by Crippen LogP contribution is 2.23. The molecule has 106 valence electrons. The van der Waals surface area contributed by atoms with E-state index in [4.69, 9.17) is 5.73 Å². The number of carbonyl (C=O) groups excluding carboxylic acids is 2. The van der Waals surface area contributed by atoms with Gasteiger partial charge in [-0.2, -0.15) is 0 Å². The number of aromatic nitrogens is 1. The van der Waals surface area contributed by atoms with Crippen LogP contribution >= 0.6 is 0 Å². The average molecular weight is 287 g/mol. The van der Waals surface area contributed by atoms with Crippen molar-refractivity contribution in [1.29, 1.82) is 0 Å². The van der Waals surface area contributed by atoms with Crippen LogP contribution in [0.3, 0.4) is 0 Å². The second-order valence-electron chi connectivity index (χ2n) is 4.71. The Balaban J connectivity index is 2.32. The van der Waals surface area contributed by atoms with E-state index in [-0.39, 0.29) is 22.6 Å². The quantitative estimate of drug-likeness (QED) is 0.757. The molecule has 2 heterocycles. The number of nitrogens with zero attached hydrogens (tertiary/aromatic N) is 1. The van der Waals surface area contributed by atoms with Gasteiger partial charge in [-0.1, -0.05) is 6.07 Å². The van der Waals surface area contributed by atoms with Crippen molar-refractivity contribution in [1.82, 2.24) is 9.88 Å². The number of rotatable bonds is 1. The summed E-state index contributed by atoms with van der Waals surface area (Å²) in [5, 5.41) is 2.07. The lowest BCUT2D eigenvalue weighted by Crippen LogP contribution is -2.24. The molecule has 7 heteroatoms. The Morgan fingerprint density at radius 1 is 1.14 bits per heavy atom. The standard InChI is InChI=1S/C14H10FN3O3/c1-6-2-3-7(4-9(6)15)18-10(19)5-8-11(12(18)16)14(21)17-13(8)20/h2-5H,16H2,1H3,(H,17,20,21). The van der Waals surface area contributed by atoms with Gasteiger partial charge in [-0.3, -0.25) is 24.3 Å². The van der Waals surface area contributed by atoms with E-state index in [2.05, 4.69) is 5.32 Å². The molecule has 1 aromatic carbocycles. The molecule has 3 rings (SSSR count). The third-order valence-corrected chi connectivity index (χ3v) is 3.37. The highest BCUT2D eigenvalue weighted by molar-refractivity contribution is 6.23. The van der Waals surface area contributed by atoms with Gasteiger partial charge in [0.2, 0.25) is 0 Å². The Bertz CT molecular complexity index is 870. The van der Waals surface area contributed by atoms with Gasteiger partial charge in [0.05, 0.1) is 16.8 Å². The van der Waals surface area contributed by atoms with Crippen LogP contribution in [0.1, 0.15) is 26.3 Å². The second kappa shape index (κ2) is 4.27. The van der Waals surface area contributed by atoms with Gasteiger partial charge < -0.3 is 5.73 Å². The number of fused-ring (bicyclic) bond motifs is 1. The summed E-state index contributed by atoms with van der Waals surface area (Å²) in [4.78, 5) is 35.4. The summed E-state index contributed by atoms with van der Waals surface area (Å²) < 4.78 is 14.7. The molecule has 0 unspecified atom stereocenters. The van der Waals surface area contributed by atoms with E-state index in [0.29, 0.717) is 5.56 Å². The fourth-order valence-corrected chi connectivity index (χ4v) is 2.27. The number of nitrogen functional groups attached to an aromatic ring is 1. The number of amides is 2. The highest BCUT2D eigenvalue weighted by Gasteiger charge is 2.31. The highest BCUT2D eigenvalue weighted by atomic mass is 19.1. The van der Waals surface area contributed by atoms with Gasteiger partial charge in [0, 0.05) is 6.07 Å². The van der Waals surface area contributed by atoms with E-state index >= 15 is 0 Å². The van der Waals surface area contributed by atoms with Crippen LogP contribution in [0.25, 0.3) is 5.69 Å². The van der Waals surface area contributed by atoms with Crippen molar-refractivity contribution < 1.29 is 14.0 Å². The SMILES string of the molecule is Cc1ccc(-n2c(N)c3c(cc2=O)C(=O)NC3=O)cc1F. The Morgan fingerprint density at radius 3 is 2.52 bits per heavy atom. The van der Waals surface area contributed by atoms with Gasteiger partial charge in [0.25, 0.3) is 17.4 Å². The smallest absolute Gasteiger partial charge is 0.262 e. The zero-order valence-corrected chi connectivity index (χ0v) is 10.9. The number of benzene rings is 1. The molecule has 0 spiro atoms. The van der Waals surface area contributed by atoms with Crippen LogP contribution in [0.4, 0.5) is 10.2 Å². The summed E-state index contributed by atoms with van der Waals surface area (Å²) in [6.45, 7) is 1.58. The van der Waals surface area contributed by atoms with E-state index in [9.17, 15) is 18.8 Å². The summed E-state index contributed by atoms with van der Waals surface area (Å²) in [6.07, 6.45) is 0. The van der Waals surface area contributed by atoms with E-state index in [1.54, 1.807) is 6.92 Å². The van der Waals surface area contributed by atoms with Gasteiger partial charge in [0.15, 0.2) is 0 Å². The van der Waals surface area contributed by atoms with Gasteiger partial charge in [0.1, 0.15) is 11.6 Å². The van der Waals surface area contributed by atoms with Crippen LogP contribution in [-0.4, -0.2) is 16.4 Å². The zero-order valence-electron chi connectivity index (χ0n) is 10.9. The largest absolute Gasteiger partial charge is 0.384 e. The molecule has 0 aliphatic carbocycles. The number of carbonyl (C=O) groups is 2. The molecule has 0 saturated heterocycles. The molecule has 0 saturated carbocycles. The second-order valence-corrected chi connectivity index (χ2v) is 4.71. The molecule has 1 aromatic heterocycles. The fourth-order valence-electron chi connectivity index (χ4n) is 2.27. The average Bonchev–Trinajstić information content (AvgIpc) is 2.69. The molecule has 0 fully saturated rings. The topological polar surface area (TPSA) is 94.2 Å². The molecular formula is C14H10FN3O3. The normalized spacial score (nSPS) is 13.2. The van der Waals surface area contributed by atoms with Crippen molar-refractivity contribution in [2.75, 3.05) is 5.73 Å². The Kier molecular flexibility index (Phi) is 2.65. The first-order valence-corrected chi connectivity index (χ1v) is 6.08. The molecule has 2 amide bonds. The minimum atomic E-state index is -0.672. The van der Waals surface area contributed by atoms with Crippen LogP contribution in [0.15, 0.2) is 29.1 Å². The van der Waals surface area contributed by atoms with Crippen molar-refractivity contribution in [3.05, 3.63) is 57.1 Å². The Morgan fingerprint density at radius 2 is 1.86 bits per heavy atom. The van der Waals surface area contributed by atoms with Gasteiger partial charge in [-0.15, -0.1) is 0 Å². The maximum Gasteiger partial charge on any atom is 0.262 e. The first kappa shape index (κ1) is 13.0. The molecule has 0 bridgehead atoms. The number of nitrogens with two attached hydrogens (primary N) is 1. The van der Waals surface area contributed by atoms with Gasteiger partial charge in [-0.05, 0) is 24.6 Å². The van der Waals surface area contributed by atoms with Crippen LogP contribution < -0.4 is 16.6 Å². The number of anilines is 1. The first-order chi connectivity index (χ1) is 9.90. The van der Waals surface area contributed by atoms with Crippen LogP contribution in [0.2, 0.25) is 0 Å². The van der Waals surface area contributed by atoms with E-state index in [1.165, 1.54) is 12.1 Å². The van der Waals surface area contributed by atoms with Crippen molar-refractivity contribution in [2.45, 2.75) is 6.92 Å². The van der Waals surface area contributed by atoms with E-state index in [1.807, 2.05) is 0 Å². The number of imide groups is 1. The maximum atomic E-state index is 13.7. The molecule has 6 nitrogen and oxygen atoms in total. The zero-order chi connectivity index (χ0) is 15.3. The molecule has 0 radical (unpaired) electrons. The molecule has 3 N–H and O–H groups in total. The molecule has 21 heavy (non-hydrogen) atoms. The van der Waals surface area contributed by atoms with E-state index < -0.39 is 23.2 Å². The minimum absolute atomic E-state index is 0.0636. The molecular weight excluding hydrogens is 277 g/mol. The summed E-state index contributed by atoms with van der Waals surface area (Å²) in [6, 6.07) is 5.17. The third-order valence-electron chi connectivity index (χ3n) is 3.37. The van der Waals surface area contributed by atoms with Crippen LogP contribution in [0, 0.1) is 12.7 Å². The Labute approximate surface area is 118 Å². The lowest BCUT2D eigenvalue weighted by Gasteiger charge is -2.12. The van der Waals surface area contributed by atoms with Crippen LogP contribution in [0.5, 0.6) is 0 Å². The van der Waals surface area contributed by atoms with Crippen molar-refractivity contribution in [3.63, 3.8) is 0 Å². The van der Waals surface area contributed by atoms with Gasteiger partial charge in [-0.25, -0.2) is 4.39 Å². The summed E-state index contributed by atoms with van der Waals surface area (Å²) in [5.74, 6) is -2.03. The monoisotopic (exact) mass is 287 g/mol.